The zero-order valence-electron chi connectivity index (χ0n) is 17.2. The molecule has 0 unspecified atom stereocenters. The zero-order valence-corrected chi connectivity index (χ0v) is 18.0. The third-order valence-electron chi connectivity index (χ3n) is 4.85. The predicted molar refractivity (Wildman–Crippen MR) is 123 cm³/mol. The maximum Gasteiger partial charge on any atom is 0.267 e. The number of rotatable bonds is 7. The van der Waals surface area contributed by atoms with Crippen LogP contribution in [0.2, 0.25) is 0 Å². The van der Waals surface area contributed by atoms with Crippen molar-refractivity contribution in [2.24, 2.45) is 0 Å². The van der Waals surface area contributed by atoms with Gasteiger partial charge in [-0.25, -0.2) is 8.42 Å². The summed E-state index contributed by atoms with van der Waals surface area (Å²) in [7, 11) is -3.88. The summed E-state index contributed by atoms with van der Waals surface area (Å²) in [5.41, 5.74) is 0.935. The summed E-state index contributed by atoms with van der Waals surface area (Å²) in [6.45, 7) is 3.83. The van der Waals surface area contributed by atoms with E-state index in [0.29, 0.717) is 29.5 Å². The summed E-state index contributed by atoms with van der Waals surface area (Å²) < 4.78 is 39.1. The summed E-state index contributed by atoms with van der Waals surface area (Å²) in [5, 5.41) is 2.78. The highest BCUT2D eigenvalue weighted by Gasteiger charge is 2.37. The molecule has 1 heterocycles. The quantitative estimate of drug-likeness (QED) is 0.553. The maximum atomic E-state index is 13.3. The first-order chi connectivity index (χ1) is 15.5. The molecule has 1 aliphatic heterocycles. The smallest absolute Gasteiger partial charge is 0.267 e. The fourth-order valence-corrected chi connectivity index (χ4v) is 4.80. The fraction of sp³-hybridized carbons (Fsp3) is 0.125. The third-order valence-corrected chi connectivity index (χ3v) is 6.64. The molecule has 0 aliphatic carbocycles. The van der Waals surface area contributed by atoms with Crippen molar-refractivity contribution in [2.45, 2.75) is 11.0 Å². The van der Waals surface area contributed by atoms with Crippen molar-refractivity contribution in [1.29, 1.82) is 0 Å². The van der Waals surface area contributed by atoms with Crippen LogP contribution in [-0.2, 0) is 14.8 Å². The van der Waals surface area contributed by atoms with Gasteiger partial charge in [-0.15, -0.1) is 0 Å². The molecule has 1 aliphatic rings. The summed E-state index contributed by atoms with van der Waals surface area (Å²) in [4.78, 5) is 13.1. The molecule has 1 N–H and O–H groups in total. The first-order valence-electron chi connectivity index (χ1n) is 9.97. The summed E-state index contributed by atoms with van der Waals surface area (Å²) in [6.07, 6.45) is 0.614. The van der Waals surface area contributed by atoms with E-state index in [2.05, 4.69) is 11.9 Å². The van der Waals surface area contributed by atoms with E-state index in [-0.39, 0.29) is 11.4 Å². The molecule has 164 valence electrons. The number of carbonyl (C=O) groups is 1. The van der Waals surface area contributed by atoms with Crippen LogP contribution in [0.1, 0.15) is 0 Å². The van der Waals surface area contributed by atoms with Gasteiger partial charge in [0.15, 0.2) is 6.10 Å². The number of nitrogens with zero attached hydrogens (tertiary/aromatic N) is 1. The average Bonchev–Trinajstić information content (AvgIpc) is 2.83. The zero-order chi connectivity index (χ0) is 22.6. The third kappa shape index (κ3) is 4.45. The van der Waals surface area contributed by atoms with Crippen LogP contribution in [0.5, 0.6) is 11.5 Å². The molecule has 3 aromatic carbocycles. The van der Waals surface area contributed by atoms with Crippen LogP contribution in [0.15, 0.2) is 96.4 Å². The number of benzene rings is 3. The molecule has 0 aromatic heterocycles. The van der Waals surface area contributed by atoms with E-state index in [1.54, 1.807) is 72.8 Å². The van der Waals surface area contributed by atoms with Gasteiger partial charge in [-0.05, 0) is 48.5 Å². The van der Waals surface area contributed by atoms with Crippen LogP contribution in [0, 0.1) is 0 Å². The lowest BCUT2D eigenvalue weighted by atomic mass is 10.2. The highest BCUT2D eigenvalue weighted by molar-refractivity contribution is 7.92. The van der Waals surface area contributed by atoms with E-state index in [9.17, 15) is 13.2 Å². The monoisotopic (exact) mass is 450 g/mol. The van der Waals surface area contributed by atoms with E-state index >= 15 is 0 Å². The normalized spacial score (nSPS) is 15.2. The average molecular weight is 451 g/mol. The number of hydrogen-bond acceptors (Lipinski definition) is 5. The molecular formula is C24H22N2O5S. The van der Waals surface area contributed by atoms with Gasteiger partial charge in [-0.3, -0.25) is 9.10 Å². The lowest BCUT2D eigenvalue weighted by molar-refractivity contribution is -0.122. The maximum absolute atomic E-state index is 13.3. The van der Waals surface area contributed by atoms with Crippen molar-refractivity contribution >= 4 is 27.3 Å². The molecule has 1 atom stereocenters. The van der Waals surface area contributed by atoms with Gasteiger partial charge >= 0.3 is 0 Å². The molecule has 0 saturated carbocycles. The number of para-hydroxylation sites is 2. The lowest BCUT2D eigenvalue weighted by Crippen LogP contribution is -2.48. The van der Waals surface area contributed by atoms with Gasteiger partial charge in [0.1, 0.15) is 18.1 Å². The lowest BCUT2D eigenvalue weighted by Gasteiger charge is -2.34. The van der Waals surface area contributed by atoms with Crippen LogP contribution in [0.25, 0.3) is 0 Å². The minimum atomic E-state index is -3.88. The van der Waals surface area contributed by atoms with Crippen molar-refractivity contribution < 1.29 is 22.7 Å². The van der Waals surface area contributed by atoms with E-state index in [0.717, 1.165) is 0 Å². The number of fused-ring (bicyclic) bond motifs is 1. The molecule has 0 spiro atoms. The predicted octanol–water partition coefficient (Wildman–Crippen LogP) is 3.85. The van der Waals surface area contributed by atoms with Gasteiger partial charge in [0.05, 0.1) is 17.1 Å². The number of carbonyl (C=O) groups excluding carboxylic acids is 1. The molecular weight excluding hydrogens is 428 g/mol. The summed E-state index contributed by atoms with van der Waals surface area (Å²) >= 11 is 0. The first kappa shape index (κ1) is 21.5. The Hall–Kier alpha value is -3.78. The second-order valence-corrected chi connectivity index (χ2v) is 8.90. The fourth-order valence-electron chi connectivity index (χ4n) is 3.30. The Bertz CT molecular complexity index is 1210. The molecule has 1 amide bonds. The van der Waals surface area contributed by atoms with Crippen molar-refractivity contribution in [3.8, 4) is 11.5 Å². The van der Waals surface area contributed by atoms with Gasteiger partial charge in [-0.2, -0.15) is 0 Å². The highest BCUT2D eigenvalue weighted by atomic mass is 32.2. The van der Waals surface area contributed by atoms with Crippen LogP contribution < -0.4 is 19.1 Å². The second-order valence-electron chi connectivity index (χ2n) is 7.04. The van der Waals surface area contributed by atoms with E-state index in [1.807, 2.05) is 0 Å². The topological polar surface area (TPSA) is 84.9 Å². The minimum Gasteiger partial charge on any atom is -0.490 e. The van der Waals surface area contributed by atoms with Crippen molar-refractivity contribution in [2.75, 3.05) is 22.8 Å². The van der Waals surface area contributed by atoms with Gasteiger partial charge in [-0.1, -0.05) is 43.0 Å². The molecule has 32 heavy (non-hydrogen) atoms. The van der Waals surface area contributed by atoms with Gasteiger partial charge < -0.3 is 14.8 Å². The molecule has 7 nitrogen and oxygen atoms in total. The Morgan fingerprint density at radius 2 is 1.75 bits per heavy atom. The highest BCUT2D eigenvalue weighted by Crippen LogP contribution is 2.37. The number of amides is 1. The van der Waals surface area contributed by atoms with Crippen LogP contribution in [0.4, 0.5) is 11.4 Å². The van der Waals surface area contributed by atoms with Gasteiger partial charge in [0, 0.05) is 5.69 Å². The Balaban J connectivity index is 1.57. The Kier molecular flexibility index (Phi) is 6.13. The Morgan fingerprint density at radius 1 is 1.06 bits per heavy atom. The minimum absolute atomic E-state index is 0.144. The van der Waals surface area contributed by atoms with Crippen molar-refractivity contribution in [3.05, 3.63) is 91.5 Å². The summed E-state index contributed by atoms with van der Waals surface area (Å²) in [5.74, 6) is 0.518. The van der Waals surface area contributed by atoms with Crippen LogP contribution >= 0.6 is 0 Å². The molecule has 0 radical (unpaired) electrons. The van der Waals surface area contributed by atoms with Crippen LogP contribution in [-0.4, -0.2) is 33.6 Å². The van der Waals surface area contributed by atoms with E-state index in [4.69, 9.17) is 9.47 Å². The SMILES string of the molecule is C=CCOc1ccc(NC(=O)[C@@H]2CN(S(=O)(=O)c3ccccc3)c3ccccc3O2)cc1. The molecule has 8 heteroatoms. The molecule has 3 aromatic rings. The van der Waals surface area contributed by atoms with E-state index < -0.39 is 22.0 Å². The number of nitrogens with one attached hydrogen (secondary N) is 1. The Labute approximate surface area is 186 Å². The molecule has 0 saturated heterocycles. The molecule has 4 rings (SSSR count). The number of anilines is 2. The molecule has 0 bridgehead atoms. The van der Waals surface area contributed by atoms with Crippen LogP contribution in [0.3, 0.4) is 0 Å². The van der Waals surface area contributed by atoms with Crippen molar-refractivity contribution in [3.63, 3.8) is 0 Å². The number of sulfonamides is 1. The van der Waals surface area contributed by atoms with Gasteiger partial charge in [0.25, 0.3) is 15.9 Å². The standard InChI is InChI=1S/C24H22N2O5S/c1-2-16-30-19-14-12-18(13-15-19)25-24(27)23-17-26(21-10-6-7-11-22(21)31-23)32(28,29)20-8-4-3-5-9-20/h2-15,23H,1,16-17H2,(H,25,27)/t23-/m0/s1. The summed E-state index contributed by atoms with van der Waals surface area (Å²) in [6, 6.07) is 21.7. The Morgan fingerprint density at radius 3 is 2.47 bits per heavy atom. The second kappa shape index (κ2) is 9.15. The van der Waals surface area contributed by atoms with E-state index in [1.165, 1.54) is 16.4 Å². The number of ether oxygens (including phenoxy) is 2. The first-order valence-corrected chi connectivity index (χ1v) is 11.4. The van der Waals surface area contributed by atoms with Gasteiger partial charge in [0.2, 0.25) is 0 Å². The molecule has 0 fully saturated rings. The number of hydrogen-bond donors (Lipinski definition) is 1. The van der Waals surface area contributed by atoms with Crippen molar-refractivity contribution in [1.82, 2.24) is 0 Å². The largest absolute Gasteiger partial charge is 0.490 e.